The van der Waals surface area contributed by atoms with E-state index in [1.807, 2.05) is 6.07 Å². The molecular formula is C13H16N2O3S2. The Morgan fingerprint density at radius 1 is 1.35 bits per heavy atom. The predicted octanol–water partition coefficient (Wildman–Crippen LogP) is 1.85. The van der Waals surface area contributed by atoms with Crippen molar-refractivity contribution in [1.29, 1.82) is 0 Å². The SMILES string of the molecule is CCN(Cc1ccccn1)S(=O)(=O)c1ccsc1CO. The van der Waals surface area contributed by atoms with E-state index in [4.69, 9.17) is 0 Å². The molecule has 0 amide bonds. The molecule has 0 aliphatic rings. The highest BCUT2D eigenvalue weighted by Gasteiger charge is 2.26. The lowest BCUT2D eigenvalue weighted by Crippen LogP contribution is -2.31. The number of nitrogens with zero attached hydrogens (tertiary/aromatic N) is 2. The second kappa shape index (κ2) is 6.45. The molecule has 0 aliphatic heterocycles. The van der Waals surface area contributed by atoms with Crippen molar-refractivity contribution in [3.63, 3.8) is 0 Å². The van der Waals surface area contributed by atoms with Gasteiger partial charge >= 0.3 is 0 Å². The third-order valence-electron chi connectivity index (χ3n) is 2.88. The van der Waals surface area contributed by atoms with Crippen LogP contribution < -0.4 is 0 Å². The van der Waals surface area contributed by atoms with Crippen molar-refractivity contribution >= 4 is 21.4 Å². The maximum Gasteiger partial charge on any atom is 0.244 e. The minimum atomic E-state index is -3.61. The maximum atomic E-state index is 12.6. The van der Waals surface area contributed by atoms with Crippen LogP contribution in [0.1, 0.15) is 17.5 Å². The van der Waals surface area contributed by atoms with Crippen molar-refractivity contribution < 1.29 is 13.5 Å². The van der Waals surface area contributed by atoms with E-state index in [9.17, 15) is 13.5 Å². The number of thiophene rings is 1. The number of aliphatic hydroxyl groups is 1. The van der Waals surface area contributed by atoms with Gasteiger partial charge in [-0.25, -0.2) is 8.42 Å². The summed E-state index contributed by atoms with van der Waals surface area (Å²) in [7, 11) is -3.61. The van der Waals surface area contributed by atoms with Crippen LogP contribution in [0.2, 0.25) is 0 Å². The molecule has 5 nitrogen and oxygen atoms in total. The zero-order chi connectivity index (χ0) is 14.6. The molecule has 0 unspecified atom stereocenters. The van der Waals surface area contributed by atoms with Crippen LogP contribution in [-0.4, -0.2) is 29.4 Å². The molecule has 20 heavy (non-hydrogen) atoms. The molecule has 0 aromatic carbocycles. The molecule has 0 saturated heterocycles. The first-order valence-corrected chi connectivity index (χ1v) is 8.48. The minimum Gasteiger partial charge on any atom is -0.391 e. The molecule has 0 aliphatic carbocycles. The monoisotopic (exact) mass is 312 g/mol. The number of hydrogen-bond acceptors (Lipinski definition) is 5. The molecule has 0 bridgehead atoms. The van der Waals surface area contributed by atoms with Crippen molar-refractivity contribution in [2.24, 2.45) is 0 Å². The number of rotatable bonds is 6. The molecule has 2 aromatic rings. The first-order valence-electron chi connectivity index (χ1n) is 6.17. The number of sulfonamides is 1. The van der Waals surface area contributed by atoms with Gasteiger partial charge in [0.25, 0.3) is 0 Å². The summed E-state index contributed by atoms with van der Waals surface area (Å²) in [6.07, 6.45) is 1.64. The summed E-state index contributed by atoms with van der Waals surface area (Å²) in [5.41, 5.74) is 0.693. The van der Waals surface area contributed by atoms with Crippen LogP contribution >= 0.6 is 11.3 Å². The van der Waals surface area contributed by atoms with Crippen LogP contribution in [0, 0.1) is 0 Å². The van der Waals surface area contributed by atoms with E-state index in [2.05, 4.69) is 4.98 Å². The van der Waals surface area contributed by atoms with Gasteiger partial charge in [0.1, 0.15) is 0 Å². The van der Waals surface area contributed by atoms with E-state index in [1.165, 1.54) is 21.7 Å². The molecular weight excluding hydrogens is 296 g/mol. The lowest BCUT2D eigenvalue weighted by Gasteiger charge is -2.20. The second-order valence-corrected chi connectivity index (χ2v) is 7.03. The summed E-state index contributed by atoms with van der Waals surface area (Å²) < 4.78 is 26.6. The van der Waals surface area contributed by atoms with Gasteiger partial charge in [0.2, 0.25) is 10.0 Å². The molecule has 0 radical (unpaired) electrons. The zero-order valence-electron chi connectivity index (χ0n) is 11.1. The van der Waals surface area contributed by atoms with Gasteiger partial charge in [-0.3, -0.25) is 4.98 Å². The quantitative estimate of drug-likeness (QED) is 0.883. The van der Waals surface area contributed by atoms with E-state index in [0.29, 0.717) is 17.1 Å². The van der Waals surface area contributed by atoms with Gasteiger partial charge < -0.3 is 5.11 Å². The Bertz CT molecular complexity index is 653. The molecule has 0 atom stereocenters. The Balaban J connectivity index is 2.31. The molecule has 108 valence electrons. The van der Waals surface area contributed by atoms with Crippen LogP contribution in [0.3, 0.4) is 0 Å². The van der Waals surface area contributed by atoms with Crippen molar-refractivity contribution in [2.45, 2.75) is 25.0 Å². The largest absolute Gasteiger partial charge is 0.391 e. The van der Waals surface area contributed by atoms with Gasteiger partial charge in [-0.2, -0.15) is 4.31 Å². The Kier molecular flexibility index (Phi) is 4.87. The molecule has 1 N–H and O–H groups in total. The minimum absolute atomic E-state index is 0.183. The lowest BCUT2D eigenvalue weighted by molar-refractivity contribution is 0.282. The van der Waals surface area contributed by atoms with Gasteiger partial charge in [-0.1, -0.05) is 13.0 Å². The average Bonchev–Trinajstić information content (AvgIpc) is 2.95. The number of aliphatic hydroxyl groups excluding tert-OH is 1. The Labute approximate surface area is 122 Å². The highest BCUT2D eigenvalue weighted by molar-refractivity contribution is 7.89. The average molecular weight is 312 g/mol. The van der Waals surface area contributed by atoms with Gasteiger partial charge in [0.05, 0.1) is 23.7 Å². The fourth-order valence-corrected chi connectivity index (χ4v) is 4.54. The van der Waals surface area contributed by atoms with Crippen LogP contribution in [-0.2, 0) is 23.2 Å². The van der Waals surface area contributed by atoms with Crippen molar-refractivity contribution in [2.75, 3.05) is 6.54 Å². The third kappa shape index (κ3) is 3.06. The summed E-state index contributed by atoms with van der Waals surface area (Å²) in [5.74, 6) is 0. The first kappa shape index (κ1) is 15.1. The Morgan fingerprint density at radius 3 is 2.75 bits per heavy atom. The fourth-order valence-electron chi connectivity index (χ4n) is 1.85. The van der Waals surface area contributed by atoms with Crippen molar-refractivity contribution in [3.05, 3.63) is 46.4 Å². The van der Waals surface area contributed by atoms with E-state index in [0.717, 1.165) is 0 Å². The van der Waals surface area contributed by atoms with Crippen LogP contribution in [0.5, 0.6) is 0 Å². The van der Waals surface area contributed by atoms with E-state index in [-0.39, 0.29) is 18.0 Å². The molecule has 2 heterocycles. The number of hydrogen-bond donors (Lipinski definition) is 1. The highest BCUT2D eigenvalue weighted by Crippen LogP contribution is 2.25. The van der Waals surface area contributed by atoms with E-state index in [1.54, 1.807) is 30.6 Å². The second-order valence-electron chi connectivity index (χ2n) is 4.12. The van der Waals surface area contributed by atoms with Gasteiger partial charge in [0.15, 0.2) is 0 Å². The van der Waals surface area contributed by atoms with Crippen molar-refractivity contribution in [3.8, 4) is 0 Å². The number of aromatic nitrogens is 1. The van der Waals surface area contributed by atoms with Crippen molar-refractivity contribution in [1.82, 2.24) is 9.29 Å². The summed E-state index contributed by atoms with van der Waals surface area (Å²) in [5, 5.41) is 10.9. The smallest absolute Gasteiger partial charge is 0.244 e. The van der Waals surface area contributed by atoms with E-state index >= 15 is 0 Å². The molecule has 0 spiro atoms. The molecule has 7 heteroatoms. The lowest BCUT2D eigenvalue weighted by atomic mass is 10.3. The standard InChI is InChI=1S/C13H16N2O3S2/c1-2-15(9-11-5-3-4-7-14-11)20(17,18)13-6-8-19-12(13)10-16/h3-8,16H,2,9-10H2,1H3. The summed E-state index contributed by atoms with van der Waals surface area (Å²) >= 11 is 1.24. The Morgan fingerprint density at radius 2 is 2.15 bits per heavy atom. The van der Waals surface area contributed by atoms with Crippen LogP contribution in [0.4, 0.5) is 0 Å². The van der Waals surface area contributed by atoms with Gasteiger partial charge in [0, 0.05) is 17.6 Å². The fraction of sp³-hybridized carbons (Fsp3) is 0.308. The number of pyridine rings is 1. The molecule has 2 aromatic heterocycles. The summed E-state index contributed by atoms with van der Waals surface area (Å²) in [6.45, 7) is 2.08. The molecule has 0 fully saturated rings. The summed E-state index contributed by atoms with van der Waals surface area (Å²) in [6, 6.07) is 6.94. The molecule has 0 saturated carbocycles. The highest BCUT2D eigenvalue weighted by atomic mass is 32.2. The predicted molar refractivity (Wildman–Crippen MR) is 77.7 cm³/mol. The maximum absolute atomic E-state index is 12.6. The van der Waals surface area contributed by atoms with Crippen LogP contribution in [0.15, 0.2) is 40.7 Å². The third-order valence-corrected chi connectivity index (χ3v) is 5.92. The Hall–Kier alpha value is -1.28. The topological polar surface area (TPSA) is 70.5 Å². The zero-order valence-corrected chi connectivity index (χ0v) is 12.7. The van der Waals surface area contributed by atoms with Crippen LogP contribution in [0.25, 0.3) is 0 Å². The normalized spacial score (nSPS) is 11.9. The first-order chi connectivity index (χ1) is 9.59. The molecule has 2 rings (SSSR count). The summed E-state index contributed by atoms with van der Waals surface area (Å²) in [4.78, 5) is 4.80. The van der Waals surface area contributed by atoms with E-state index < -0.39 is 10.0 Å². The van der Waals surface area contributed by atoms with Gasteiger partial charge in [-0.15, -0.1) is 11.3 Å². The van der Waals surface area contributed by atoms with Gasteiger partial charge in [-0.05, 0) is 23.6 Å².